The molecule has 2 N–H and O–H groups in total. The molecule has 154 valence electrons. The van der Waals surface area contributed by atoms with E-state index in [1.54, 1.807) is 13.0 Å². The maximum Gasteiger partial charge on any atom is 0.222 e. The SMILES string of the molecule is CCNC(=NCc1ccc(C)c(F)c1)NCc1ccc(CN2CCCC2=O)cc1. The molecule has 0 radical (unpaired) electrons. The fourth-order valence-corrected chi connectivity index (χ4v) is 3.29. The van der Waals surface area contributed by atoms with E-state index in [4.69, 9.17) is 0 Å². The third-order valence-electron chi connectivity index (χ3n) is 5.03. The first kappa shape index (κ1) is 20.8. The molecule has 0 aromatic heterocycles. The van der Waals surface area contributed by atoms with Crippen LogP contribution in [0, 0.1) is 12.7 Å². The average Bonchev–Trinajstić information content (AvgIpc) is 3.12. The molecular weight excluding hydrogens is 367 g/mol. The molecule has 0 unspecified atom stereocenters. The number of aryl methyl sites for hydroxylation is 1. The molecule has 1 aliphatic rings. The van der Waals surface area contributed by atoms with Crippen LogP contribution in [-0.4, -0.2) is 29.9 Å². The highest BCUT2D eigenvalue weighted by Gasteiger charge is 2.19. The van der Waals surface area contributed by atoms with Gasteiger partial charge in [0.2, 0.25) is 5.91 Å². The molecular formula is C23H29FN4O. The lowest BCUT2D eigenvalue weighted by molar-refractivity contribution is -0.128. The molecule has 1 aliphatic heterocycles. The first-order valence-electron chi connectivity index (χ1n) is 10.2. The number of halogens is 1. The Morgan fingerprint density at radius 1 is 1.10 bits per heavy atom. The minimum Gasteiger partial charge on any atom is -0.357 e. The summed E-state index contributed by atoms with van der Waals surface area (Å²) in [7, 11) is 0. The highest BCUT2D eigenvalue weighted by Crippen LogP contribution is 2.15. The van der Waals surface area contributed by atoms with Crippen molar-refractivity contribution in [3.63, 3.8) is 0 Å². The highest BCUT2D eigenvalue weighted by molar-refractivity contribution is 5.79. The molecule has 6 heteroatoms. The van der Waals surface area contributed by atoms with Gasteiger partial charge in [0, 0.05) is 32.6 Å². The van der Waals surface area contributed by atoms with Crippen molar-refractivity contribution in [3.05, 3.63) is 70.5 Å². The van der Waals surface area contributed by atoms with Gasteiger partial charge >= 0.3 is 0 Å². The number of likely N-dealkylation sites (tertiary alicyclic amines) is 1. The van der Waals surface area contributed by atoms with E-state index in [1.165, 1.54) is 6.07 Å². The van der Waals surface area contributed by atoms with Crippen LogP contribution in [0.4, 0.5) is 4.39 Å². The molecule has 1 heterocycles. The fraction of sp³-hybridized carbons (Fsp3) is 0.391. The van der Waals surface area contributed by atoms with Crippen molar-refractivity contribution in [2.75, 3.05) is 13.1 Å². The smallest absolute Gasteiger partial charge is 0.222 e. The molecule has 29 heavy (non-hydrogen) atoms. The van der Waals surface area contributed by atoms with Gasteiger partial charge in [0.1, 0.15) is 5.82 Å². The Morgan fingerprint density at radius 2 is 1.83 bits per heavy atom. The zero-order chi connectivity index (χ0) is 20.6. The number of nitrogens with one attached hydrogen (secondary N) is 2. The van der Waals surface area contributed by atoms with Crippen molar-refractivity contribution in [3.8, 4) is 0 Å². The predicted octanol–water partition coefficient (Wildman–Crippen LogP) is 3.51. The van der Waals surface area contributed by atoms with Gasteiger partial charge in [-0.1, -0.05) is 36.4 Å². The number of amides is 1. The minimum atomic E-state index is -0.202. The van der Waals surface area contributed by atoms with Crippen molar-refractivity contribution >= 4 is 11.9 Å². The van der Waals surface area contributed by atoms with E-state index in [0.29, 0.717) is 37.6 Å². The van der Waals surface area contributed by atoms with Gasteiger partial charge < -0.3 is 15.5 Å². The zero-order valence-corrected chi connectivity index (χ0v) is 17.2. The van der Waals surface area contributed by atoms with Crippen LogP contribution in [0.3, 0.4) is 0 Å². The fourth-order valence-electron chi connectivity index (χ4n) is 3.29. The topological polar surface area (TPSA) is 56.7 Å². The van der Waals surface area contributed by atoms with Crippen LogP contribution in [0.5, 0.6) is 0 Å². The number of carbonyl (C=O) groups is 1. The number of carbonyl (C=O) groups excluding carboxylic acids is 1. The van der Waals surface area contributed by atoms with Crippen molar-refractivity contribution in [1.82, 2.24) is 15.5 Å². The van der Waals surface area contributed by atoms with E-state index in [2.05, 4.69) is 39.9 Å². The number of hydrogen-bond acceptors (Lipinski definition) is 2. The predicted molar refractivity (Wildman–Crippen MR) is 114 cm³/mol. The number of nitrogens with zero attached hydrogens (tertiary/aromatic N) is 2. The molecule has 0 aliphatic carbocycles. The lowest BCUT2D eigenvalue weighted by Crippen LogP contribution is -2.36. The first-order chi connectivity index (χ1) is 14.0. The van der Waals surface area contributed by atoms with Crippen molar-refractivity contribution in [2.45, 2.75) is 46.3 Å². The van der Waals surface area contributed by atoms with Gasteiger partial charge in [-0.25, -0.2) is 9.38 Å². The van der Waals surface area contributed by atoms with Crippen LogP contribution in [-0.2, 0) is 24.4 Å². The summed E-state index contributed by atoms with van der Waals surface area (Å²) >= 11 is 0. The summed E-state index contributed by atoms with van der Waals surface area (Å²) in [6.45, 7) is 7.10. The van der Waals surface area contributed by atoms with Gasteiger partial charge in [-0.15, -0.1) is 0 Å². The van der Waals surface area contributed by atoms with Gasteiger partial charge in [0.25, 0.3) is 0 Å². The molecule has 5 nitrogen and oxygen atoms in total. The van der Waals surface area contributed by atoms with Crippen LogP contribution in [0.1, 0.15) is 42.0 Å². The molecule has 1 amide bonds. The second-order valence-electron chi connectivity index (χ2n) is 7.37. The molecule has 3 rings (SSSR count). The molecule has 1 saturated heterocycles. The molecule has 0 atom stereocenters. The number of benzene rings is 2. The lowest BCUT2D eigenvalue weighted by Gasteiger charge is -2.16. The van der Waals surface area contributed by atoms with Gasteiger partial charge in [-0.05, 0) is 48.6 Å². The largest absolute Gasteiger partial charge is 0.357 e. The van der Waals surface area contributed by atoms with Crippen LogP contribution in [0.15, 0.2) is 47.5 Å². The third-order valence-corrected chi connectivity index (χ3v) is 5.03. The van der Waals surface area contributed by atoms with Crippen molar-refractivity contribution in [1.29, 1.82) is 0 Å². The maximum atomic E-state index is 13.7. The van der Waals surface area contributed by atoms with E-state index >= 15 is 0 Å². The van der Waals surface area contributed by atoms with E-state index in [1.807, 2.05) is 17.9 Å². The molecule has 2 aromatic carbocycles. The van der Waals surface area contributed by atoms with Crippen molar-refractivity contribution < 1.29 is 9.18 Å². The van der Waals surface area contributed by atoms with Gasteiger partial charge in [-0.2, -0.15) is 0 Å². The summed E-state index contributed by atoms with van der Waals surface area (Å²) in [4.78, 5) is 18.2. The first-order valence-corrected chi connectivity index (χ1v) is 10.2. The Kier molecular flexibility index (Phi) is 7.22. The Bertz CT molecular complexity index is 864. The third kappa shape index (κ3) is 6.04. The quantitative estimate of drug-likeness (QED) is 0.556. The number of hydrogen-bond donors (Lipinski definition) is 2. The van der Waals surface area contributed by atoms with E-state index in [0.717, 1.165) is 36.2 Å². The van der Waals surface area contributed by atoms with Gasteiger partial charge in [0.15, 0.2) is 5.96 Å². The van der Waals surface area contributed by atoms with Crippen LogP contribution < -0.4 is 10.6 Å². The summed E-state index contributed by atoms with van der Waals surface area (Å²) in [5, 5.41) is 6.53. The molecule has 0 spiro atoms. The van der Waals surface area contributed by atoms with Crippen LogP contribution in [0.2, 0.25) is 0 Å². The summed E-state index contributed by atoms with van der Waals surface area (Å²) < 4.78 is 13.7. The number of rotatable bonds is 7. The second kappa shape index (κ2) is 10.0. The summed E-state index contributed by atoms with van der Waals surface area (Å²) in [6, 6.07) is 13.5. The van der Waals surface area contributed by atoms with E-state index in [9.17, 15) is 9.18 Å². The maximum absolute atomic E-state index is 13.7. The molecule has 1 fully saturated rings. The summed E-state index contributed by atoms with van der Waals surface area (Å²) in [5.74, 6) is 0.738. The van der Waals surface area contributed by atoms with Gasteiger partial charge in [-0.3, -0.25) is 4.79 Å². The minimum absolute atomic E-state index is 0.202. The highest BCUT2D eigenvalue weighted by atomic mass is 19.1. The molecule has 2 aromatic rings. The average molecular weight is 397 g/mol. The molecule has 0 saturated carbocycles. The number of aliphatic imine (C=N–C) groups is 1. The van der Waals surface area contributed by atoms with Crippen LogP contribution in [0.25, 0.3) is 0 Å². The van der Waals surface area contributed by atoms with E-state index < -0.39 is 0 Å². The Labute approximate surface area is 172 Å². The number of guanidine groups is 1. The van der Waals surface area contributed by atoms with Crippen LogP contribution >= 0.6 is 0 Å². The standard InChI is InChI=1S/C23H29FN4O/c1-3-25-23(27-15-20-7-6-17(2)21(24)13-20)26-14-18-8-10-19(11-9-18)16-28-12-4-5-22(28)29/h6-11,13H,3-5,12,14-16H2,1-2H3,(H2,25,26,27). The zero-order valence-electron chi connectivity index (χ0n) is 17.2. The Hall–Kier alpha value is -2.89. The Balaban J connectivity index is 1.55. The second-order valence-corrected chi connectivity index (χ2v) is 7.37. The van der Waals surface area contributed by atoms with Crippen molar-refractivity contribution in [2.24, 2.45) is 4.99 Å². The normalized spacial score (nSPS) is 14.4. The molecule has 0 bridgehead atoms. The summed E-state index contributed by atoms with van der Waals surface area (Å²) in [6.07, 6.45) is 1.63. The van der Waals surface area contributed by atoms with E-state index in [-0.39, 0.29) is 11.7 Å². The summed E-state index contributed by atoms with van der Waals surface area (Å²) in [5.41, 5.74) is 3.76. The Morgan fingerprint density at radius 3 is 2.48 bits per heavy atom. The van der Waals surface area contributed by atoms with Gasteiger partial charge in [0.05, 0.1) is 6.54 Å². The lowest BCUT2D eigenvalue weighted by atomic mass is 10.1. The monoisotopic (exact) mass is 396 g/mol.